The lowest BCUT2D eigenvalue weighted by Gasteiger charge is -2.15. The standard InChI is InChI=1S/C19H17F2NO5S/c20-15-9-14(10-16(21)11-15)19(24)27-12-18(23)13-3-5-17(6-4-13)28(25,26)22-7-1-2-8-22/h3-6,9-11H,1-2,7-8,12H2. The van der Waals surface area contributed by atoms with Crippen LogP contribution in [-0.2, 0) is 14.8 Å². The normalized spacial score (nSPS) is 14.8. The first kappa shape index (κ1) is 20.1. The molecule has 0 saturated carbocycles. The van der Waals surface area contributed by atoms with Crippen LogP contribution >= 0.6 is 0 Å². The van der Waals surface area contributed by atoms with Crippen molar-refractivity contribution < 1.29 is 31.5 Å². The predicted molar refractivity (Wildman–Crippen MR) is 95.4 cm³/mol. The lowest BCUT2D eigenvalue weighted by atomic mass is 10.1. The van der Waals surface area contributed by atoms with E-state index in [-0.39, 0.29) is 16.0 Å². The molecule has 6 nitrogen and oxygen atoms in total. The van der Waals surface area contributed by atoms with Crippen molar-refractivity contribution in [2.75, 3.05) is 19.7 Å². The number of benzene rings is 2. The molecule has 0 bridgehead atoms. The molecule has 0 amide bonds. The Morgan fingerprint density at radius 2 is 1.50 bits per heavy atom. The third kappa shape index (κ3) is 4.42. The van der Waals surface area contributed by atoms with Gasteiger partial charge in [-0.1, -0.05) is 0 Å². The van der Waals surface area contributed by atoms with Crippen LogP contribution in [0.2, 0.25) is 0 Å². The fourth-order valence-corrected chi connectivity index (χ4v) is 4.38. The van der Waals surface area contributed by atoms with Crippen LogP contribution in [0.15, 0.2) is 47.4 Å². The van der Waals surface area contributed by atoms with Gasteiger partial charge in [0.25, 0.3) is 0 Å². The van der Waals surface area contributed by atoms with E-state index in [2.05, 4.69) is 0 Å². The molecule has 28 heavy (non-hydrogen) atoms. The van der Waals surface area contributed by atoms with E-state index in [1.54, 1.807) is 0 Å². The van der Waals surface area contributed by atoms with Gasteiger partial charge >= 0.3 is 5.97 Å². The highest BCUT2D eigenvalue weighted by atomic mass is 32.2. The molecule has 0 aromatic heterocycles. The summed E-state index contributed by atoms with van der Waals surface area (Å²) in [4.78, 5) is 24.1. The molecule has 0 N–H and O–H groups in total. The Hall–Kier alpha value is -2.65. The van der Waals surface area contributed by atoms with Crippen molar-refractivity contribution in [3.8, 4) is 0 Å². The molecule has 2 aromatic rings. The molecule has 1 aliphatic heterocycles. The lowest BCUT2D eigenvalue weighted by molar-refractivity contribution is 0.0474. The van der Waals surface area contributed by atoms with Crippen LogP contribution in [0.25, 0.3) is 0 Å². The molecule has 1 saturated heterocycles. The topological polar surface area (TPSA) is 80.8 Å². The first-order valence-electron chi connectivity index (χ1n) is 8.54. The molecule has 0 unspecified atom stereocenters. The van der Waals surface area contributed by atoms with Gasteiger partial charge in [0.05, 0.1) is 10.5 Å². The number of ketones is 1. The van der Waals surface area contributed by atoms with Gasteiger partial charge in [-0.05, 0) is 49.2 Å². The Balaban J connectivity index is 1.64. The molecule has 0 aliphatic carbocycles. The zero-order valence-electron chi connectivity index (χ0n) is 14.7. The van der Waals surface area contributed by atoms with E-state index in [9.17, 15) is 26.8 Å². The van der Waals surface area contributed by atoms with Gasteiger partial charge in [0.1, 0.15) is 11.6 Å². The van der Waals surface area contributed by atoms with Gasteiger partial charge < -0.3 is 4.74 Å². The van der Waals surface area contributed by atoms with E-state index in [4.69, 9.17) is 4.74 Å². The van der Waals surface area contributed by atoms with Gasteiger partial charge in [0.15, 0.2) is 12.4 Å². The quantitative estimate of drug-likeness (QED) is 0.541. The molecule has 0 atom stereocenters. The minimum atomic E-state index is -3.59. The van der Waals surface area contributed by atoms with Gasteiger partial charge in [0.2, 0.25) is 10.0 Å². The van der Waals surface area contributed by atoms with Crippen LogP contribution < -0.4 is 0 Å². The van der Waals surface area contributed by atoms with E-state index < -0.39 is 40.0 Å². The second-order valence-corrected chi connectivity index (χ2v) is 8.23. The molecule has 2 aromatic carbocycles. The molecular weight excluding hydrogens is 392 g/mol. The van der Waals surface area contributed by atoms with Crippen LogP contribution in [0, 0.1) is 11.6 Å². The maximum atomic E-state index is 13.1. The van der Waals surface area contributed by atoms with Gasteiger partial charge in [-0.3, -0.25) is 4.79 Å². The number of esters is 1. The summed E-state index contributed by atoms with van der Waals surface area (Å²) in [6, 6.07) is 7.53. The number of ether oxygens (including phenoxy) is 1. The molecular formula is C19H17F2NO5S. The van der Waals surface area contributed by atoms with Crippen molar-refractivity contribution >= 4 is 21.8 Å². The fraction of sp³-hybridized carbons (Fsp3) is 0.263. The van der Waals surface area contributed by atoms with Crippen molar-refractivity contribution in [2.45, 2.75) is 17.7 Å². The van der Waals surface area contributed by atoms with Crippen LogP contribution in [0.5, 0.6) is 0 Å². The van der Waals surface area contributed by atoms with Crippen LogP contribution in [0.3, 0.4) is 0 Å². The maximum absolute atomic E-state index is 13.1. The van der Waals surface area contributed by atoms with Crippen molar-refractivity contribution in [3.05, 3.63) is 65.2 Å². The molecule has 3 rings (SSSR count). The van der Waals surface area contributed by atoms with E-state index in [1.807, 2.05) is 0 Å². The summed E-state index contributed by atoms with van der Waals surface area (Å²) in [5, 5.41) is 0. The highest BCUT2D eigenvalue weighted by molar-refractivity contribution is 7.89. The van der Waals surface area contributed by atoms with Crippen molar-refractivity contribution in [1.82, 2.24) is 4.31 Å². The Kier molecular flexibility index (Phi) is 5.85. The Bertz CT molecular complexity index is 979. The minimum absolute atomic E-state index is 0.0816. The second kappa shape index (κ2) is 8.15. The van der Waals surface area contributed by atoms with Crippen LogP contribution in [0.4, 0.5) is 8.78 Å². The summed E-state index contributed by atoms with van der Waals surface area (Å²) in [6.45, 7) is 0.300. The molecule has 1 fully saturated rings. The van der Waals surface area contributed by atoms with Gasteiger partial charge in [-0.2, -0.15) is 4.31 Å². The Morgan fingerprint density at radius 1 is 0.929 bits per heavy atom. The number of hydrogen-bond acceptors (Lipinski definition) is 5. The van der Waals surface area contributed by atoms with Crippen LogP contribution in [-0.4, -0.2) is 44.2 Å². The highest BCUT2D eigenvalue weighted by Crippen LogP contribution is 2.21. The molecule has 0 spiro atoms. The number of Topliss-reactive ketones (excluding diaryl/α,β-unsaturated/α-hetero) is 1. The predicted octanol–water partition coefficient (Wildman–Crippen LogP) is 2.79. The highest BCUT2D eigenvalue weighted by Gasteiger charge is 2.27. The summed E-state index contributed by atoms with van der Waals surface area (Å²) >= 11 is 0. The fourth-order valence-electron chi connectivity index (χ4n) is 2.86. The lowest BCUT2D eigenvalue weighted by Crippen LogP contribution is -2.27. The minimum Gasteiger partial charge on any atom is -0.454 e. The summed E-state index contributed by atoms with van der Waals surface area (Å²) in [5.74, 6) is -3.49. The number of rotatable bonds is 6. The molecule has 9 heteroatoms. The number of carbonyl (C=O) groups excluding carboxylic acids is 2. The third-order valence-electron chi connectivity index (χ3n) is 4.31. The smallest absolute Gasteiger partial charge is 0.338 e. The van der Waals surface area contributed by atoms with Crippen LogP contribution in [0.1, 0.15) is 33.6 Å². The number of sulfonamides is 1. The molecule has 148 valence electrons. The first-order chi connectivity index (χ1) is 13.3. The molecule has 1 heterocycles. The zero-order chi connectivity index (χ0) is 20.3. The number of hydrogen-bond donors (Lipinski definition) is 0. The molecule has 0 radical (unpaired) electrons. The van der Waals surface area contributed by atoms with Gasteiger partial charge in [0, 0.05) is 24.7 Å². The van der Waals surface area contributed by atoms with E-state index in [1.165, 1.54) is 28.6 Å². The summed E-state index contributed by atoms with van der Waals surface area (Å²) < 4.78 is 57.3. The molecule has 1 aliphatic rings. The average Bonchev–Trinajstić information content (AvgIpc) is 3.21. The number of halogens is 2. The van der Waals surface area contributed by atoms with Crippen molar-refractivity contribution in [3.63, 3.8) is 0 Å². The maximum Gasteiger partial charge on any atom is 0.338 e. The summed E-state index contributed by atoms with van der Waals surface area (Å²) in [5.41, 5.74) is -0.198. The first-order valence-corrected chi connectivity index (χ1v) is 9.98. The number of nitrogens with zero attached hydrogens (tertiary/aromatic N) is 1. The second-order valence-electron chi connectivity index (χ2n) is 6.29. The largest absolute Gasteiger partial charge is 0.454 e. The Morgan fingerprint density at radius 3 is 2.07 bits per heavy atom. The van der Waals surface area contributed by atoms with Crippen molar-refractivity contribution in [2.24, 2.45) is 0 Å². The van der Waals surface area contributed by atoms with Crippen molar-refractivity contribution in [1.29, 1.82) is 0 Å². The summed E-state index contributed by atoms with van der Waals surface area (Å²) in [6.07, 6.45) is 1.63. The Labute approximate surface area is 160 Å². The van der Waals surface area contributed by atoms with E-state index in [0.717, 1.165) is 25.0 Å². The zero-order valence-corrected chi connectivity index (χ0v) is 15.5. The van der Waals surface area contributed by atoms with E-state index >= 15 is 0 Å². The monoisotopic (exact) mass is 409 g/mol. The van der Waals surface area contributed by atoms with Gasteiger partial charge in [-0.25, -0.2) is 22.0 Å². The SMILES string of the molecule is O=C(COC(=O)c1cc(F)cc(F)c1)c1ccc(S(=O)(=O)N2CCCC2)cc1. The average molecular weight is 409 g/mol. The number of carbonyl (C=O) groups is 2. The summed E-state index contributed by atoms with van der Waals surface area (Å²) in [7, 11) is -3.59. The van der Waals surface area contributed by atoms with Gasteiger partial charge in [-0.15, -0.1) is 0 Å². The van der Waals surface area contributed by atoms with E-state index in [0.29, 0.717) is 19.2 Å². The third-order valence-corrected chi connectivity index (χ3v) is 6.22.